The topological polar surface area (TPSA) is 32.7 Å². The van der Waals surface area contributed by atoms with Gasteiger partial charge < -0.3 is 9.84 Å². The van der Waals surface area contributed by atoms with Crippen LogP contribution in [-0.2, 0) is 6.42 Å². The Morgan fingerprint density at radius 3 is 2.40 bits per heavy atom. The minimum atomic E-state index is 0. The Bertz CT molecular complexity index is 640. The number of likely N-dealkylation sites (tertiary alicyclic amines) is 1. The predicted molar refractivity (Wildman–Crippen MR) is 105 cm³/mol. The van der Waals surface area contributed by atoms with E-state index in [1.54, 1.807) is 24.3 Å². The van der Waals surface area contributed by atoms with E-state index < -0.39 is 0 Å². The van der Waals surface area contributed by atoms with Gasteiger partial charge in [-0.2, -0.15) is 0 Å². The van der Waals surface area contributed by atoms with Crippen LogP contribution in [0.5, 0.6) is 11.5 Å². The first-order chi connectivity index (χ1) is 11.7. The average Bonchev–Trinajstić information content (AvgIpc) is 2.60. The van der Waals surface area contributed by atoms with Crippen LogP contribution < -0.4 is 4.74 Å². The van der Waals surface area contributed by atoms with Crippen molar-refractivity contribution in [2.75, 3.05) is 26.2 Å². The van der Waals surface area contributed by atoms with Gasteiger partial charge in [0.05, 0.1) is 0 Å². The van der Waals surface area contributed by atoms with Gasteiger partial charge in [-0.3, -0.25) is 4.90 Å². The number of hydrogen-bond donors (Lipinski definition) is 1. The smallest absolute Gasteiger partial charge is 0.119 e. The second-order valence-electron chi connectivity index (χ2n) is 6.42. The van der Waals surface area contributed by atoms with Crippen molar-refractivity contribution in [1.82, 2.24) is 4.90 Å². The summed E-state index contributed by atoms with van der Waals surface area (Å²) < 4.78 is 5.73. The molecule has 0 amide bonds. The third kappa shape index (κ3) is 6.10. The number of aromatic hydroxyl groups is 1. The van der Waals surface area contributed by atoms with Gasteiger partial charge in [-0.1, -0.05) is 29.8 Å². The molecule has 3 rings (SSSR count). The molecule has 2 aromatic carbocycles. The van der Waals surface area contributed by atoms with Crippen LogP contribution in [0.1, 0.15) is 18.4 Å². The standard InChI is InChI=1S/C20H24ClNO2.ClH/c21-20-4-2-1-3-17(20)15-16-9-11-22(12-10-16)13-14-24-19-7-5-18(23)6-8-19;/h1-8,16,23H,9-15H2;1H. The van der Waals surface area contributed by atoms with E-state index in [0.29, 0.717) is 6.61 Å². The summed E-state index contributed by atoms with van der Waals surface area (Å²) >= 11 is 6.27. The SMILES string of the molecule is Cl.Oc1ccc(OCCN2CCC(Cc3ccccc3Cl)CC2)cc1. The zero-order valence-corrected chi connectivity index (χ0v) is 15.8. The first-order valence-corrected chi connectivity index (χ1v) is 8.96. The third-order valence-corrected chi connectivity index (χ3v) is 5.06. The molecule has 25 heavy (non-hydrogen) atoms. The predicted octanol–water partition coefficient (Wildman–Crippen LogP) is 4.80. The molecule has 1 fully saturated rings. The second-order valence-corrected chi connectivity index (χ2v) is 6.83. The Balaban J connectivity index is 0.00000225. The highest BCUT2D eigenvalue weighted by molar-refractivity contribution is 6.31. The summed E-state index contributed by atoms with van der Waals surface area (Å²) in [7, 11) is 0. The van der Waals surface area contributed by atoms with E-state index in [1.165, 1.54) is 18.4 Å². The zero-order chi connectivity index (χ0) is 16.8. The summed E-state index contributed by atoms with van der Waals surface area (Å²) in [6.45, 7) is 3.86. The lowest BCUT2D eigenvalue weighted by Gasteiger charge is -2.32. The van der Waals surface area contributed by atoms with Crippen molar-refractivity contribution in [2.24, 2.45) is 5.92 Å². The van der Waals surface area contributed by atoms with Gasteiger partial charge in [0.1, 0.15) is 18.1 Å². The van der Waals surface area contributed by atoms with E-state index in [-0.39, 0.29) is 18.2 Å². The molecule has 0 unspecified atom stereocenters. The normalized spacial score (nSPS) is 15.6. The minimum Gasteiger partial charge on any atom is -0.508 e. The molecule has 0 radical (unpaired) electrons. The molecule has 1 saturated heterocycles. The number of nitrogens with zero attached hydrogens (tertiary/aromatic N) is 1. The summed E-state index contributed by atoms with van der Waals surface area (Å²) in [6, 6.07) is 15.1. The van der Waals surface area contributed by atoms with Gasteiger partial charge in [0.2, 0.25) is 0 Å². The fraction of sp³-hybridized carbons (Fsp3) is 0.400. The van der Waals surface area contributed by atoms with E-state index in [2.05, 4.69) is 17.0 Å². The minimum absolute atomic E-state index is 0. The van der Waals surface area contributed by atoms with E-state index in [4.69, 9.17) is 16.3 Å². The second kappa shape index (κ2) is 9.91. The maximum atomic E-state index is 9.26. The van der Waals surface area contributed by atoms with Gasteiger partial charge >= 0.3 is 0 Å². The van der Waals surface area contributed by atoms with Crippen molar-refractivity contribution in [3.63, 3.8) is 0 Å². The highest BCUT2D eigenvalue weighted by Crippen LogP contribution is 2.25. The van der Waals surface area contributed by atoms with Crippen molar-refractivity contribution in [1.29, 1.82) is 0 Å². The van der Waals surface area contributed by atoms with Gasteiger partial charge in [0.25, 0.3) is 0 Å². The molecule has 0 aromatic heterocycles. The maximum absolute atomic E-state index is 9.26. The molecule has 0 saturated carbocycles. The summed E-state index contributed by atoms with van der Waals surface area (Å²) in [5.41, 5.74) is 1.27. The Labute approximate surface area is 161 Å². The molecular weight excluding hydrogens is 357 g/mol. The number of phenols is 1. The first kappa shape index (κ1) is 19.9. The number of benzene rings is 2. The maximum Gasteiger partial charge on any atom is 0.119 e. The van der Waals surface area contributed by atoms with Crippen molar-refractivity contribution in [3.05, 3.63) is 59.1 Å². The average molecular weight is 382 g/mol. The summed E-state index contributed by atoms with van der Waals surface area (Å²) in [5, 5.41) is 10.2. The molecule has 2 aromatic rings. The lowest BCUT2D eigenvalue weighted by atomic mass is 9.90. The number of rotatable bonds is 6. The Hall–Kier alpha value is -1.42. The van der Waals surface area contributed by atoms with Crippen LogP contribution in [0.2, 0.25) is 5.02 Å². The number of piperidine rings is 1. The third-order valence-electron chi connectivity index (χ3n) is 4.69. The van der Waals surface area contributed by atoms with Crippen molar-refractivity contribution >= 4 is 24.0 Å². The Morgan fingerprint density at radius 1 is 1.04 bits per heavy atom. The molecule has 0 bridgehead atoms. The molecule has 136 valence electrons. The van der Waals surface area contributed by atoms with Crippen molar-refractivity contribution in [2.45, 2.75) is 19.3 Å². The molecule has 1 aliphatic heterocycles. The fourth-order valence-corrected chi connectivity index (χ4v) is 3.44. The Morgan fingerprint density at radius 2 is 1.72 bits per heavy atom. The van der Waals surface area contributed by atoms with Crippen LogP contribution in [0, 0.1) is 5.92 Å². The molecule has 0 aliphatic carbocycles. The van der Waals surface area contributed by atoms with E-state index in [9.17, 15) is 5.11 Å². The lowest BCUT2D eigenvalue weighted by Crippen LogP contribution is -2.37. The highest BCUT2D eigenvalue weighted by Gasteiger charge is 2.20. The van der Waals surface area contributed by atoms with Gasteiger partial charge in [-0.05, 0) is 74.2 Å². The van der Waals surface area contributed by atoms with Crippen LogP contribution in [0.15, 0.2) is 48.5 Å². The van der Waals surface area contributed by atoms with Gasteiger partial charge in [-0.15, -0.1) is 12.4 Å². The highest BCUT2D eigenvalue weighted by atomic mass is 35.5. The van der Waals surface area contributed by atoms with Crippen LogP contribution in [0.3, 0.4) is 0 Å². The van der Waals surface area contributed by atoms with E-state index in [0.717, 1.165) is 42.7 Å². The van der Waals surface area contributed by atoms with Crippen LogP contribution in [-0.4, -0.2) is 36.2 Å². The first-order valence-electron chi connectivity index (χ1n) is 8.58. The monoisotopic (exact) mass is 381 g/mol. The van der Waals surface area contributed by atoms with Crippen LogP contribution in [0.4, 0.5) is 0 Å². The molecule has 5 heteroatoms. The van der Waals surface area contributed by atoms with Crippen LogP contribution in [0.25, 0.3) is 0 Å². The van der Waals surface area contributed by atoms with E-state index >= 15 is 0 Å². The lowest BCUT2D eigenvalue weighted by molar-refractivity contribution is 0.155. The number of halogens is 2. The molecule has 1 heterocycles. The van der Waals surface area contributed by atoms with Gasteiger partial charge in [-0.25, -0.2) is 0 Å². The van der Waals surface area contributed by atoms with Crippen molar-refractivity contribution in [3.8, 4) is 11.5 Å². The summed E-state index contributed by atoms with van der Waals surface area (Å²) in [4.78, 5) is 2.46. The molecule has 0 spiro atoms. The number of ether oxygens (including phenoxy) is 1. The Kier molecular flexibility index (Phi) is 7.89. The molecule has 1 N–H and O–H groups in total. The molecule has 3 nitrogen and oxygen atoms in total. The number of hydrogen-bond acceptors (Lipinski definition) is 3. The molecular formula is C20H25Cl2NO2. The van der Waals surface area contributed by atoms with Crippen molar-refractivity contribution < 1.29 is 9.84 Å². The van der Waals surface area contributed by atoms with Gasteiger partial charge in [0.15, 0.2) is 0 Å². The summed E-state index contributed by atoms with van der Waals surface area (Å²) in [6.07, 6.45) is 3.51. The van der Waals surface area contributed by atoms with E-state index in [1.807, 2.05) is 12.1 Å². The fourth-order valence-electron chi connectivity index (χ4n) is 3.22. The molecule has 1 aliphatic rings. The van der Waals surface area contributed by atoms with Gasteiger partial charge in [0, 0.05) is 11.6 Å². The number of phenolic OH excluding ortho intramolecular Hbond substituents is 1. The quantitative estimate of drug-likeness (QED) is 0.779. The summed E-state index contributed by atoms with van der Waals surface area (Å²) in [5.74, 6) is 1.79. The van der Waals surface area contributed by atoms with Crippen LogP contribution >= 0.6 is 24.0 Å². The largest absolute Gasteiger partial charge is 0.508 e. The molecule has 0 atom stereocenters. The zero-order valence-electron chi connectivity index (χ0n) is 14.2.